The van der Waals surface area contributed by atoms with E-state index in [1.165, 1.54) is 39.6 Å². The minimum Gasteiger partial charge on any atom is -0.465 e. The van der Waals surface area contributed by atoms with E-state index in [1.54, 1.807) is 30.6 Å². The number of phosphoric ester groups is 1. The summed E-state index contributed by atoms with van der Waals surface area (Å²) in [7, 11) is -2.95. The quantitative estimate of drug-likeness (QED) is 0.154. The maximum atomic E-state index is 15.3. The highest BCUT2D eigenvalue weighted by molar-refractivity contribution is 7.46. The van der Waals surface area contributed by atoms with Crippen LogP contribution < -0.4 is 9.42 Å². The number of anilines is 2. The van der Waals surface area contributed by atoms with Gasteiger partial charge in [-0.2, -0.15) is 0 Å². The molecule has 5 aromatic rings. The van der Waals surface area contributed by atoms with Crippen molar-refractivity contribution in [2.24, 2.45) is 7.05 Å². The van der Waals surface area contributed by atoms with Crippen LogP contribution in [0.4, 0.5) is 16.2 Å². The molecule has 2 aromatic heterocycles. The number of aromatic nitrogens is 2. The SMILES string of the molecule is Cc1c(C(=O)N(c2ccncc2)c2ccc(OP(=O)(O)O)cc2)cc(-c2cc3c(cc2C(=O)N2Cc4ccccc4C[C@H]2CN2CCOCC2)CN(C(=O)O)CC3)n1C. The second kappa shape index (κ2) is 16.4. The fraction of sp³-hybridized carbons (Fsp3) is 0.302. The van der Waals surface area contributed by atoms with E-state index in [4.69, 9.17) is 9.26 Å². The molecule has 0 unspecified atom stereocenters. The highest BCUT2D eigenvalue weighted by Gasteiger charge is 2.35. The van der Waals surface area contributed by atoms with E-state index in [2.05, 4.69) is 22.0 Å². The summed E-state index contributed by atoms with van der Waals surface area (Å²) >= 11 is 0. The van der Waals surface area contributed by atoms with Gasteiger partial charge in [0.1, 0.15) is 5.75 Å². The van der Waals surface area contributed by atoms with Gasteiger partial charge in [0.25, 0.3) is 11.8 Å². The van der Waals surface area contributed by atoms with Gasteiger partial charge < -0.3 is 28.7 Å². The lowest BCUT2D eigenvalue weighted by atomic mass is 9.89. The monoisotopic (exact) mass is 820 g/mol. The molecule has 15 nitrogen and oxygen atoms in total. The van der Waals surface area contributed by atoms with Crippen LogP contribution in [0.3, 0.4) is 0 Å². The van der Waals surface area contributed by atoms with Gasteiger partial charge in [0, 0.05) is 93.0 Å². The number of carboxylic acid groups (broad SMARTS) is 1. The molecule has 1 atom stereocenters. The first-order chi connectivity index (χ1) is 28.3. The molecule has 8 rings (SSSR count). The van der Waals surface area contributed by atoms with Gasteiger partial charge in [-0.25, -0.2) is 9.36 Å². The number of hydrogen-bond acceptors (Lipinski definition) is 8. The Bertz CT molecular complexity index is 2450. The number of ether oxygens (including phenoxy) is 1. The lowest BCUT2D eigenvalue weighted by Gasteiger charge is -2.41. The van der Waals surface area contributed by atoms with Gasteiger partial charge >= 0.3 is 13.9 Å². The lowest BCUT2D eigenvalue weighted by molar-refractivity contribution is 0.0193. The lowest BCUT2D eigenvalue weighted by Crippen LogP contribution is -2.52. The molecule has 0 radical (unpaired) electrons. The van der Waals surface area contributed by atoms with Crippen molar-refractivity contribution >= 4 is 37.1 Å². The molecule has 0 spiro atoms. The van der Waals surface area contributed by atoms with Gasteiger partial charge in [-0.15, -0.1) is 0 Å². The third-order valence-electron chi connectivity index (χ3n) is 11.5. The molecule has 59 heavy (non-hydrogen) atoms. The van der Waals surface area contributed by atoms with Crippen LogP contribution in [-0.2, 0) is 42.3 Å². The molecule has 3 amide bonds. The number of rotatable bonds is 9. The Labute approximate surface area is 341 Å². The van der Waals surface area contributed by atoms with Crippen LogP contribution in [0.15, 0.2) is 91.3 Å². The molecule has 3 N–H and O–H groups in total. The first-order valence-corrected chi connectivity index (χ1v) is 21.0. The molecule has 0 aliphatic carbocycles. The van der Waals surface area contributed by atoms with Crippen LogP contribution in [0.5, 0.6) is 5.75 Å². The van der Waals surface area contributed by atoms with Crippen molar-refractivity contribution in [3.8, 4) is 17.0 Å². The summed E-state index contributed by atoms with van der Waals surface area (Å²) in [5.74, 6) is -0.631. The largest absolute Gasteiger partial charge is 0.524 e. The minimum atomic E-state index is -4.81. The first-order valence-electron chi connectivity index (χ1n) is 19.4. The average molecular weight is 821 g/mol. The van der Waals surface area contributed by atoms with Crippen molar-refractivity contribution in [3.63, 3.8) is 0 Å². The average Bonchev–Trinajstić information content (AvgIpc) is 3.53. The molecule has 3 aliphatic heterocycles. The fourth-order valence-electron chi connectivity index (χ4n) is 8.35. The number of carbonyl (C=O) groups is 3. The summed E-state index contributed by atoms with van der Waals surface area (Å²) < 4.78 is 23.8. The number of phosphoric acid groups is 1. The molecule has 306 valence electrons. The molecule has 1 saturated heterocycles. The van der Waals surface area contributed by atoms with Gasteiger partial charge in [0.15, 0.2) is 0 Å². The van der Waals surface area contributed by atoms with E-state index in [1.807, 2.05) is 47.7 Å². The molecule has 5 heterocycles. The van der Waals surface area contributed by atoms with Crippen molar-refractivity contribution in [1.29, 1.82) is 0 Å². The number of morpholine rings is 1. The second-order valence-electron chi connectivity index (χ2n) is 15.1. The standard InChI is InChI=1S/C43H45N6O9P/c1-28-37(42(51)49(34-11-14-44-15-12-34)33-7-9-36(10-8-33)58-59(54,55)56)24-40(45(28)2)38-22-30-13-16-47(43(52)53)25-32(30)23-39(38)41(50)48-26-31-6-4-3-5-29(31)21-35(48)27-46-17-19-57-20-18-46/h3-12,14-15,22-24,35H,13,16-21,25-27H2,1-2H3,(H,52,53)(H2,54,55,56)/t35-/m0/s1. The summed E-state index contributed by atoms with van der Waals surface area (Å²) in [6, 6.07) is 22.9. The van der Waals surface area contributed by atoms with E-state index >= 15 is 4.79 Å². The Morgan fingerprint density at radius 3 is 2.25 bits per heavy atom. The summed E-state index contributed by atoms with van der Waals surface area (Å²) in [5, 5.41) is 9.91. The van der Waals surface area contributed by atoms with E-state index in [0.717, 1.165) is 29.8 Å². The van der Waals surface area contributed by atoms with E-state index in [9.17, 15) is 29.0 Å². The Hall–Kier alpha value is -5.83. The van der Waals surface area contributed by atoms with Crippen LogP contribution in [-0.4, -0.2) is 102 Å². The highest BCUT2D eigenvalue weighted by Crippen LogP contribution is 2.40. The maximum absolute atomic E-state index is 15.3. The number of benzene rings is 3. The molecular formula is C43H45N6O9P. The van der Waals surface area contributed by atoms with Crippen molar-refractivity contribution in [2.45, 2.75) is 38.9 Å². The first kappa shape index (κ1) is 40.0. The minimum absolute atomic E-state index is 0.0668. The molecule has 0 saturated carbocycles. The van der Waals surface area contributed by atoms with Crippen molar-refractivity contribution in [3.05, 3.63) is 130 Å². The zero-order chi connectivity index (χ0) is 41.4. The Kier molecular flexibility index (Phi) is 11.1. The normalized spacial score (nSPS) is 16.9. The number of fused-ring (bicyclic) bond motifs is 2. The molecule has 1 fully saturated rings. The third kappa shape index (κ3) is 8.38. The number of pyridine rings is 1. The Balaban J connectivity index is 1.22. The third-order valence-corrected chi connectivity index (χ3v) is 12.0. The molecular weight excluding hydrogens is 775 g/mol. The highest BCUT2D eigenvalue weighted by atomic mass is 31.2. The summed E-state index contributed by atoms with van der Waals surface area (Å²) in [4.78, 5) is 72.1. The van der Waals surface area contributed by atoms with Gasteiger partial charge in [-0.3, -0.25) is 34.2 Å². The van der Waals surface area contributed by atoms with Crippen LogP contribution in [0, 0.1) is 6.92 Å². The van der Waals surface area contributed by atoms with Gasteiger partial charge in [-0.05, 0) is 96.6 Å². The van der Waals surface area contributed by atoms with E-state index in [0.29, 0.717) is 85.1 Å². The van der Waals surface area contributed by atoms with Crippen molar-refractivity contribution in [2.75, 3.05) is 44.3 Å². The topological polar surface area (TPSA) is 178 Å². The fourth-order valence-corrected chi connectivity index (χ4v) is 8.75. The van der Waals surface area contributed by atoms with Crippen molar-refractivity contribution in [1.82, 2.24) is 24.3 Å². The Morgan fingerprint density at radius 2 is 1.56 bits per heavy atom. The summed E-state index contributed by atoms with van der Waals surface area (Å²) in [5.41, 5.74) is 7.61. The van der Waals surface area contributed by atoms with Gasteiger partial charge in [0.05, 0.1) is 24.5 Å². The van der Waals surface area contributed by atoms with Crippen LogP contribution >= 0.6 is 7.82 Å². The van der Waals surface area contributed by atoms with Gasteiger partial charge in [-0.1, -0.05) is 24.3 Å². The smallest absolute Gasteiger partial charge is 0.465 e. The number of hydrogen-bond donors (Lipinski definition) is 3. The Morgan fingerprint density at radius 1 is 0.864 bits per heavy atom. The van der Waals surface area contributed by atoms with Crippen molar-refractivity contribution < 1.29 is 43.1 Å². The molecule has 0 bridgehead atoms. The zero-order valence-electron chi connectivity index (χ0n) is 32.7. The second-order valence-corrected chi connectivity index (χ2v) is 16.3. The van der Waals surface area contributed by atoms with Crippen LogP contribution in [0.1, 0.15) is 48.7 Å². The van der Waals surface area contributed by atoms with Crippen LogP contribution in [0.25, 0.3) is 11.3 Å². The predicted molar refractivity (Wildman–Crippen MR) is 219 cm³/mol. The summed E-state index contributed by atoms with van der Waals surface area (Å²) in [6.07, 6.45) is 3.26. The summed E-state index contributed by atoms with van der Waals surface area (Å²) in [6.45, 7) is 6.21. The molecule has 16 heteroatoms. The molecule has 3 aromatic carbocycles. The number of carbonyl (C=O) groups excluding carboxylic acids is 2. The predicted octanol–water partition coefficient (Wildman–Crippen LogP) is 5.78. The number of amides is 3. The maximum Gasteiger partial charge on any atom is 0.524 e. The van der Waals surface area contributed by atoms with Gasteiger partial charge in [0.2, 0.25) is 0 Å². The number of nitrogens with zero attached hydrogens (tertiary/aromatic N) is 6. The van der Waals surface area contributed by atoms with E-state index in [-0.39, 0.29) is 30.2 Å². The zero-order valence-corrected chi connectivity index (χ0v) is 33.6. The molecule has 3 aliphatic rings. The van der Waals surface area contributed by atoms with E-state index < -0.39 is 13.9 Å². The van der Waals surface area contributed by atoms with Crippen LogP contribution in [0.2, 0.25) is 0 Å².